The molecule has 0 saturated heterocycles. The second kappa shape index (κ2) is 5.28. The van der Waals surface area contributed by atoms with Gasteiger partial charge in [0, 0.05) is 16.8 Å². The van der Waals surface area contributed by atoms with Crippen molar-refractivity contribution in [3.05, 3.63) is 41.0 Å². The Balaban J connectivity index is 2.24. The summed E-state index contributed by atoms with van der Waals surface area (Å²) in [7, 11) is 0. The van der Waals surface area contributed by atoms with Crippen LogP contribution in [0.15, 0.2) is 30.5 Å². The Morgan fingerprint density at radius 1 is 1.41 bits per heavy atom. The topological polar surface area (TPSA) is 39.2 Å². The molecular formula is C13H9NO2S. The highest BCUT2D eigenvalue weighted by Crippen LogP contribution is 2.27. The number of hydrogen-bond acceptors (Lipinski definition) is 4. The summed E-state index contributed by atoms with van der Waals surface area (Å²) in [5.41, 5.74) is 2.10. The van der Waals surface area contributed by atoms with Crippen LogP contribution in [0.1, 0.15) is 10.6 Å². The number of rotatable bonds is 2. The van der Waals surface area contributed by atoms with Crippen molar-refractivity contribution in [2.24, 2.45) is 0 Å². The van der Waals surface area contributed by atoms with Gasteiger partial charge in [-0.1, -0.05) is 0 Å². The van der Waals surface area contributed by atoms with Gasteiger partial charge in [0.15, 0.2) is 0 Å². The summed E-state index contributed by atoms with van der Waals surface area (Å²) in [5, 5.41) is 0. The lowest BCUT2D eigenvalue weighted by atomic mass is 10.2. The zero-order valence-electron chi connectivity index (χ0n) is 9.14. The second-order valence-corrected chi connectivity index (χ2v) is 4.37. The molecule has 17 heavy (non-hydrogen) atoms. The molecule has 0 saturated carbocycles. The van der Waals surface area contributed by atoms with E-state index >= 15 is 0 Å². The lowest BCUT2D eigenvalue weighted by Gasteiger charge is -1.97. The lowest BCUT2D eigenvalue weighted by molar-refractivity contribution is -0.122. The molecule has 0 bridgehead atoms. The number of carbonyl (C=O) groups excluding carboxylic acids is 1. The van der Waals surface area contributed by atoms with Gasteiger partial charge in [0.05, 0.1) is 4.88 Å². The second-order valence-electron chi connectivity index (χ2n) is 3.29. The Morgan fingerprint density at radius 2 is 2.29 bits per heavy atom. The number of aryl methyl sites for hydroxylation is 1. The molecule has 0 N–H and O–H groups in total. The highest BCUT2D eigenvalue weighted by atomic mass is 32.1. The van der Waals surface area contributed by atoms with Gasteiger partial charge in [0.2, 0.25) is 0 Å². The van der Waals surface area contributed by atoms with E-state index in [4.69, 9.17) is 0 Å². The van der Waals surface area contributed by atoms with E-state index in [9.17, 15) is 4.79 Å². The van der Waals surface area contributed by atoms with Gasteiger partial charge in [-0.15, -0.1) is 11.3 Å². The molecule has 0 unspecified atom stereocenters. The molecule has 0 aliphatic heterocycles. The molecule has 0 radical (unpaired) electrons. The first-order chi connectivity index (χ1) is 8.29. The Labute approximate surface area is 103 Å². The van der Waals surface area contributed by atoms with Crippen molar-refractivity contribution < 1.29 is 9.53 Å². The van der Waals surface area contributed by atoms with Gasteiger partial charge in [-0.25, -0.2) is 0 Å². The number of nitrogens with zero attached hydrogens (tertiary/aromatic N) is 1. The zero-order valence-corrected chi connectivity index (χ0v) is 9.95. The average Bonchev–Trinajstić information content (AvgIpc) is 2.78. The van der Waals surface area contributed by atoms with Crippen molar-refractivity contribution in [2.45, 2.75) is 6.92 Å². The maximum absolute atomic E-state index is 9.93. The van der Waals surface area contributed by atoms with Crippen molar-refractivity contribution in [1.29, 1.82) is 0 Å². The maximum Gasteiger partial charge on any atom is 0.307 e. The minimum atomic E-state index is 0.313. The number of ether oxygens (including phenoxy) is 1. The fourth-order valence-corrected chi connectivity index (χ4v) is 2.21. The Kier molecular flexibility index (Phi) is 3.53. The van der Waals surface area contributed by atoms with Gasteiger partial charge in [-0.3, -0.25) is 9.78 Å². The predicted octanol–water partition coefficient (Wildman–Crippen LogP) is 2.60. The SMILES string of the molecule is Cc1cc(-c2ccc(C#COC=O)s2)ccn1. The molecule has 0 spiro atoms. The van der Waals surface area contributed by atoms with Gasteiger partial charge in [0.25, 0.3) is 0 Å². The van der Waals surface area contributed by atoms with Crippen molar-refractivity contribution >= 4 is 17.8 Å². The summed E-state index contributed by atoms with van der Waals surface area (Å²) in [5.74, 6) is 2.75. The summed E-state index contributed by atoms with van der Waals surface area (Å²) < 4.78 is 4.33. The molecule has 2 aromatic rings. The van der Waals surface area contributed by atoms with E-state index in [2.05, 4.69) is 21.7 Å². The maximum atomic E-state index is 9.93. The molecule has 2 aromatic heterocycles. The molecule has 4 heteroatoms. The van der Waals surface area contributed by atoms with Crippen LogP contribution in [0.4, 0.5) is 0 Å². The van der Waals surface area contributed by atoms with Crippen molar-refractivity contribution in [1.82, 2.24) is 4.98 Å². The molecule has 0 aromatic carbocycles. The first kappa shape index (κ1) is 11.4. The monoisotopic (exact) mass is 243 g/mol. The minimum Gasteiger partial charge on any atom is -0.374 e. The van der Waals surface area contributed by atoms with Gasteiger partial charge < -0.3 is 4.74 Å². The van der Waals surface area contributed by atoms with Crippen LogP contribution in [0.25, 0.3) is 10.4 Å². The van der Waals surface area contributed by atoms with E-state index in [-0.39, 0.29) is 0 Å². The summed E-state index contributed by atoms with van der Waals surface area (Å²) in [4.78, 5) is 16.1. The normalized spacial score (nSPS) is 9.24. The molecule has 0 aliphatic carbocycles. The van der Waals surface area contributed by atoms with Gasteiger partial charge in [-0.2, -0.15) is 0 Å². The summed E-state index contributed by atoms with van der Waals surface area (Å²) in [6, 6.07) is 7.87. The third-order valence-corrected chi connectivity index (χ3v) is 3.12. The van der Waals surface area contributed by atoms with Crippen LogP contribution in [-0.4, -0.2) is 11.5 Å². The quantitative estimate of drug-likeness (QED) is 0.601. The van der Waals surface area contributed by atoms with Crippen LogP contribution in [0.3, 0.4) is 0 Å². The molecule has 84 valence electrons. The van der Waals surface area contributed by atoms with E-state index < -0.39 is 0 Å². The molecule has 3 nitrogen and oxygen atoms in total. The number of carbonyl (C=O) groups is 1. The highest BCUT2D eigenvalue weighted by molar-refractivity contribution is 7.16. The molecule has 0 atom stereocenters. The third kappa shape index (κ3) is 2.92. The average molecular weight is 243 g/mol. The van der Waals surface area contributed by atoms with Gasteiger partial charge >= 0.3 is 6.47 Å². The molecule has 2 heterocycles. The fraction of sp³-hybridized carbons (Fsp3) is 0.0769. The Morgan fingerprint density at radius 3 is 3.06 bits per heavy atom. The van der Waals surface area contributed by atoms with Crippen molar-refractivity contribution in [2.75, 3.05) is 0 Å². The largest absolute Gasteiger partial charge is 0.374 e. The number of pyridine rings is 1. The van der Waals surface area contributed by atoms with Crippen LogP contribution in [-0.2, 0) is 9.53 Å². The number of aromatic nitrogens is 1. The zero-order chi connectivity index (χ0) is 12.1. The van der Waals surface area contributed by atoms with E-state index in [1.165, 1.54) is 0 Å². The van der Waals surface area contributed by atoms with Crippen LogP contribution in [0.2, 0.25) is 0 Å². The van der Waals surface area contributed by atoms with Crippen LogP contribution < -0.4 is 0 Å². The van der Waals surface area contributed by atoms with Crippen LogP contribution >= 0.6 is 11.3 Å². The van der Waals surface area contributed by atoms with Gasteiger partial charge in [0.1, 0.15) is 6.11 Å². The first-order valence-electron chi connectivity index (χ1n) is 4.93. The predicted molar refractivity (Wildman–Crippen MR) is 66.3 cm³/mol. The smallest absolute Gasteiger partial charge is 0.307 e. The van der Waals surface area contributed by atoms with Crippen LogP contribution in [0, 0.1) is 19.0 Å². The minimum absolute atomic E-state index is 0.313. The third-order valence-electron chi connectivity index (χ3n) is 2.07. The Hall–Kier alpha value is -2.12. The molecular weight excluding hydrogens is 234 g/mol. The molecule has 2 rings (SSSR count). The van der Waals surface area contributed by atoms with E-state index in [0.717, 1.165) is 21.0 Å². The summed E-state index contributed by atoms with van der Waals surface area (Å²) >= 11 is 1.55. The van der Waals surface area contributed by atoms with Crippen LogP contribution in [0.5, 0.6) is 0 Å². The number of thiophene rings is 1. The standard InChI is InChI=1S/C13H9NO2S/c1-10-8-11(4-6-14-10)13-3-2-12(17-13)5-7-16-9-15/h2-4,6,8-9H,1H3. The van der Waals surface area contributed by atoms with E-state index in [1.54, 1.807) is 17.5 Å². The lowest BCUT2D eigenvalue weighted by Crippen LogP contribution is -1.79. The summed E-state index contributed by atoms with van der Waals surface area (Å²) in [6.07, 6.45) is 4.09. The number of hydrogen-bond donors (Lipinski definition) is 0. The Bertz CT molecular complexity index is 593. The molecule has 0 amide bonds. The fourth-order valence-electron chi connectivity index (χ4n) is 1.36. The van der Waals surface area contributed by atoms with Crippen molar-refractivity contribution in [3.8, 4) is 22.5 Å². The van der Waals surface area contributed by atoms with Gasteiger partial charge in [-0.05, 0) is 42.7 Å². The molecule has 0 fully saturated rings. The first-order valence-corrected chi connectivity index (χ1v) is 5.74. The summed E-state index contributed by atoms with van der Waals surface area (Å²) in [6.45, 7) is 2.27. The van der Waals surface area contributed by atoms with E-state index in [1.807, 2.05) is 31.2 Å². The highest BCUT2D eigenvalue weighted by Gasteiger charge is 2.01. The van der Waals surface area contributed by atoms with E-state index in [0.29, 0.717) is 6.47 Å². The van der Waals surface area contributed by atoms with Crippen molar-refractivity contribution in [3.63, 3.8) is 0 Å². The molecule has 0 aliphatic rings.